The zero-order chi connectivity index (χ0) is 13.1. The largest absolute Gasteiger partial charge is 0.481 e. The SMILES string of the molecule is CC(C)OCCCN(CCCO)CCC(=O)O. The fraction of sp³-hybridized carbons (Fsp3) is 0.917. The molecule has 0 aliphatic carbocycles. The number of hydrogen-bond acceptors (Lipinski definition) is 4. The van der Waals surface area contributed by atoms with Crippen LogP contribution in [0, 0.1) is 0 Å². The van der Waals surface area contributed by atoms with Gasteiger partial charge in [-0.1, -0.05) is 0 Å². The van der Waals surface area contributed by atoms with Crippen molar-refractivity contribution in [1.29, 1.82) is 0 Å². The molecular formula is C12H25NO4. The molecule has 0 bridgehead atoms. The molecule has 0 heterocycles. The molecule has 0 saturated heterocycles. The van der Waals surface area contributed by atoms with Crippen molar-refractivity contribution in [2.75, 3.05) is 32.8 Å². The lowest BCUT2D eigenvalue weighted by Crippen LogP contribution is -2.30. The molecule has 0 aliphatic heterocycles. The second-order valence-corrected chi connectivity index (χ2v) is 4.34. The highest BCUT2D eigenvalue weighted by Gasteiger charge is 2.07. The van der Waals surface area contributed by atoms with Gasteiger partial charge in [0.1, 0.15) is 0 Å². The second-order valence-electron chi connectivity index (χ2n) is 4.34. The Hall–Kier alpha value is -0.650. The van der Waals surface area contributed by atoms with E-state index >= 15 is 0 Å². The molecule has 0 rings (SSSR count). The van der Waals surface area contributed by atoms with Crippen molar-refractivity contribution in [3.05, 3.63) is 0 Å². The van der Waals surface area contributed by atoms with E-state index in [2.05, 4.69) is 4.90 Å². The molecule has 0 spiro atoms. The summed E-state index contributed by atoms with van der Waals surface area (Å²) in [4.78, 5) is 12.6. The maximum absolute atomic E-state index is 10.5. The van der Waals surface area contributed by atoms with Gasteiger partial charge in [0.05, 0.1) is 12.5 Å². The first-order valence-electron chi connectivity index (χ1n) is 6.23. The number of hydrogen-bond donors (Lipinski definition) is 2. The molecule has 5 nitrogen and oxygen atoms in total. The number of aliphatic hydroxyl groups is 1. The van der Waals surface area contributed by atoms with E-state index < -0.39 is 5.97 Å². The highest BCUT2D eigenvalue weighted by molar-refractivity contribution is 5.66. The van der Waals surface area contributed by atoms with Crippen LogP contribution in [0.1, 0.15) is 33.1 Å². The summed E-state index contributed by atoms with van der Waals surface area (Å²) in [5.74, 6) is -0.780. The molecular weight excluding hydrogens is 222 g/mol. The first-order chi connectivity index (χ1) is 8.06. The Morgan fingerprint density at radius 1 is 1.24 bits per heavy atom. The van der Waals surface area contributed by atoms with E-state index in [1.165, 1.54) is 0 Å². The Kier molecular flexibility index (Phi) is 10.1. The van der Waals surface area contributed by atoms with E-state index in [4.69, 9.17) is 14.9 Å². The topological polar surface area (TPSA) is 70.0 Å². The van der Waals surface area contributed by atoms with E-state index in [0.717, 1.165) is 19.5 Å². The molecule has 0 radical (unpaired) electrons. The van der Waals surface area contributed by atoms with Crippen LogP contribution in [0.3, 0.4) is 0 Å². The number of carboxylic acids is 1. The minimum atomic E-state index is -0.780. The summed E-state index contributed by atoms with van der Waals surface area (Å²) in [5.41, 5.74) is 0. The third kappa shape index (κ3) is 11.6. The third-order valence-corrected chi connectivity index (χ3v) is 2.34. The Balaban J connectivity index is 3.72. The van der Waals surface area contributed by atoms with Crippen LogP contribution >= 0.6 is 0 Å². The zero-order valence-electron chi connectivity index (χ0n) is 10.9. The van der Waals surface area contributed by atoms with E-state index in [1.807, 2.05) is 13.8 Å². The lowest BCUT2D eigenvalue weighted by atomic mass is 10.3. The van der Waals surface area contributed by atoms with Gasteiger partial charge in [-0.2, -0.15) is 0 Å². The van der Waals surface area contributed by atoms with Crippen molar-refractivity contribution in [2.24, 2.45) is 0 Å². The lowest BCUT2D eigenvalue weighted by Gasteiger charge is -2.21. The van der Waals surface area contributed by atoms with Gasteiger partial charge in [-0.25, -0.2) is 0 Å². The predicted octanol–water partition coefficient (Wildman–Crippen LogP) is 0.961. The number of aliphatic hydroxyl groups excluding tert-OH is 1. The Morgan fingerprint density at radius 3 is 2.41 bits per heavy atom. The molecule has 0 saturated carbocycles. The average molecular weight is 247 g/mol. The molecule has 17 heavy (non-hydrogen) atoms. The van der Waals surface area contributed by atoms with Gasteiger partial charge >= 0.3 is 5.97 Å². The number of carboxylic acid groups (broad SMARTS) is 1. The highest BCUT2D eigenvalue weighted by atomic mass is 16.5. The maximum atomic E-state index is 10.5. The van der Waals surface area contributed by atoms with Gasteiger partial charge in [0.2, 0.25) is 0 Å². The first kappa shape index (κ1) is 16.4. The summed E-state index contributed by atoms with van der Waals surface area (Å²) in [5, 5.41) is 17.4. The third-order valence-electron chi connectivity index (χ3n) is 2.34. The summed E-state index contributed by atoms with van der Waals surface area (Å²) in [6.45, 7) is 6.93. The molecule has 2 N–H and O–H groups in total. The van der Waals surface area contributed by atoms with Crippen molar-refractivity contribution < 1.29 is 19.7 Å². The van der Waals surface area contributed by atoms with Crippen LogP contribution in [0.25, 0.3) is 0 Å². The minimum absolute atomic E-state index is 0.145. The molecule has 0 unspecified atom stereocenters. The maximum Gasteiger partial charge on any atom is 0.304 e. The second kappa shape index (κ2) is 10.5. The molecule has 0 amide bonds. The van der Waals surface area contributed by atoms with Gasteiger partial charge in [0.15, 0.2) is 0 Å². The van der Waals surface area contributed by atoms with Crippen LogP contribution in [-0.2, 0) is 9.53 Å². The molecule has 0 atom stereocenters. The number of nitrogens with zero attached hydrogens (tertiary/aromatic N) is 1. The molecule has 102 valence electrons. The van der Waals surface area contributed by atoms with E-state index in [0.29, 0.717) is 19.6 Å². The van der Waals surface area contributed by atoms with E-state index in [-0.39, 0.29) is 19.1 Å². The molecule has 0 aromatic heterocycles. The van der Waals surface area contributed by atoms with Crippen molar-refractivity contribution in [1.82, 2.24) is 4.90 Å². The summed E-state index contributed by atoms with van der Waals surface area (Å²) in [6.07, 6.45) is 1.96. The number of rotatable bonds is 11. The van der Waals surface area contributed by atoms with Crippen LogP contribution in [0.5, 0.6) is 0 Å². The number of ether oxygens (including phenoxy) is 1. The molecule has 0 aromatic carbocycles. The number of carbonyl (C=O) groups is 1. The fourth-order valence-corrected chi connectivity index (χ4v) is 1.49. The quantitative estimate of drug-likeness (QED) is 0.532. The van der Waals surface area contributed by atoms with Crippen LogP contribution in [0.2, 0.25) is 0 Å². The smallest absolute Gasteiger partial charge is 0.304 e. The summed E-state index contributed by atoms with van der Waals surface area (Å²) in [7, 11) is 0. The van der Waals surface area contributed by atoms with Gasteiger partial charge in [0, 0.05) is 32.8 Å². The van der Waals surface area contributed by atoms with Crippen LogP contribution in [0.4, 0.5) is 0 Å². The van der Waals surface area contributed by atoms with Gasteiger partial charge in [-0.05, 0) is 26.7 Å². The predicted molar refractivity (Wildman–Crippen MR) is 66.1 cm³/mol. The fourth-order valence-electron chi connectivity index (χ4n) is 1.49. The number of aliphatic carboxylic acids is 1. The summed E-state index contributed by atoms with van der Waals surface area (Å²) < 4.78 is 5.43. The minimum Gasteiger partial charge on any atom is -0.481 e. The molecule has 0 fully saturated rings. The van der Waals surface area contributed by atoms with Crippen molar-refractivity contribution >= 4 is 5.97 Å². The van der Waals surface area contributed by atoms with Gasteiger partial charge < -0.3 is 19.8 Å². The van der Waals surface area contributed by atoms with E-state index in [1.54, 1.807) is 0 Å². The standard InChI is InChI=1S/C12H25NO4/c1-11(2)17-10-4-7-13(6-3-9-14)8-5-12(15)16/h11,14H,3-10H2,1-2H3,(H,15,16). The average Bonchev–Trinajstić information content (AvgIpc) is 2.26. The van der Waals surface area contributed by atoms with Crippen molar-refractivity contribution in [3.8, 4) is 0 Å². The lowest BCUT2D eigenvalue weighted by molar-refractivity contribution is -0.137. The Morgan fingerprint density at radius 2 is 1.88 bits per heavy atom. The van der Waals surface area contributed by atoms with Crippen molar-refractivity contribution in [3.63, 3.8) is 0 Å². The van der Waals surface area contributed by atoms with Gasteiger partial charge in [0.25, 0.3) is 0 Å². The van der Waals surface area contributed by atoms with Gasteiger partial charge in [-0.3, -0.25) is 4.79 Å². The molecule has 5 heteroatoms. The van der Waals surface area contributed by atoms with Crippen LogP contribution < -0.4 is 0 Å². The first-order valence-corrected chi connectivity index (χ1v) is 6.23. The van der Waals surface area contributed by atoms with Crippen LogP contribution in [-0.4, -0.2) is 60.0 Å². The highest BCUT2D eigenvalue weighted by Crippen LogP contribution is 1.98. The van der Waals surface area contributed by atoms with E-state index in [9.17, 15) is 4.79 Å². The monoisotopic (exact) mass is 247 g/mol. The molecule has 0 aromatic rings. The Labute approximate surface area is 103 Å². The van der Waals surface area contributed by atoms with Crippen molar-refractivity contribution in [2.45, 2.75) is 39.2 Å². The zero-order valence-corrected chi connectivity index (χ0v) is 10.9. The summed E-state index contributed by atoms with van der Waals surface area (Å²) >= 11 is 0. The summed E-state index contributed by atoms with van der Waals surface area (Å²) in [6, 6.07) is 0. The normalized spacial score (nSPS) is 11.4. The Bertz CT molecular complexity index is 197. The van der Waals surface area contributed by atoms with Gasteiger partial charge in [-0.15, -0.1) is 0 Å². The molecule has 0 aliphatic rings. The van der Waals surface area contributed by atoms with Crippen LogP contribution in [0.15, 0.2) is 0 Å².